The van der Waals surface area contributed by atoms with Gasteiger partial charge in [0.15, 0.2) is 0 Å². The van der Waals surface area contributed by atoms with Gasteiger partial charge in [-0.05, 0) is 35.9 Å². The van der Waals surface area contributed by atoms with Gasteiger partial charge >= 0.3 is 18.1 Å². The van der Waals surface area contributed by atoms with Crippen LogP contribution in [-0.2, 0) is 36.7 Å². The van der Waals surface area contributed by atoms with Crippen molar-refractivity contribution >= 4 is 74.9 Å². The average Bonchev–Trinajstić information content (AvgIpc) is 3.27. The number of thioether (sulfide) groups is 1. The summed E-state index contributed by atoms with van der Waals surface area (Å²) in [5.74, 6) is -3.39. The average molecular weight is 585 g/mol. The number of amides is 2. The number of anilines is 1. The standard InChI is InChI=1S/C24H16ClF3N2O6S2/c25-14-4-5-16-15(9-14)19(20-22(35)29(23(37)38-20)7-6-17(31)32)21(34)30(16)10-18(33)36-11-12-2-1-3-13(8-12)24(26,27)28/h1-5,8-9H,6-7,10-11H2,(H,31,32)/b20-19-. The monoisotopic (exact) mass is 584 g/mol. The number of hydrogen-bond acceptors (Lipinski definition) is 7. The highest BCUT2D eigenvalue weighted by molar-refractivity contribution is 8.26. The number of carbonyl (C=O) groups excluding carboxylic acids is 3. The molecule has 0 aromatic heterocycles. The van der Waals surface area contributed by atoms with Crippen LogP contribution in [0.2, 0.25) is 5.02 Å². The van der Waals surface area contributed by atoms with Crippen molar-refractivity contribution in [2.24, 2.45) is 0 Å². The highest BCUT2D eigenvalue weighted by Gasteiger charge is 2.42. The first-order valence-corrected chi connectivity index (χ1v) is 12.4. The van der Waals surface area contributed by atoms with Crippen molar-refractivity contribution in [1.29, 1.82) is 0 Å². The number of aliphatic carboxylic acids is 1. The molecule has 0 bridgehead atoms. The van der Waals surface area contributed by atoms with E-state index < -0.39 is 48.6 Å². The molecule has 38 heavy (non-hydrogen) atoms. The third-order valence-corrected chi connectivity index (χ3v) is 7.23. The number of thiocarbonyl (C=S) groups is 1. The van der Waals surface area contributed by atoms with Crippen LogP contribution in [0.1, 0.15) is 23.1 Å². The normalized spacial score (nSPS) is 17.3. The Bertz CT molecular complexity index is 1410. The van der Waals surface area contributed by atoms with Crippen LogP contribution in [0.3, 0.4) is 0 Å². The second-order valence-electron chi connectivity index (χ2n) is 8.08. The summed E-state index contributed by atoms with van der Waals surface area (Å²) < 4.78 is 44.0. The predicted molar refractivity (Wildman–Crippen MR) is 136 cm³/mol. The third kappa shape index (κ3) is 5.69. The Morgan fingerprint density at radius 2 is 1.82 bits per heavy atom. The van der Waals surface area contributed by atoms with Crippen LogP contribution in [0.5, 0.6) is 0 Å². The van der Waals surface area contributed by atoms with Gasteiger partial charge in [0, 0.05) is 17.1 Å². The molecule has 0 saturated carbocycles. The number of carboxylic acids is 1. The van der Waals surface area contributed by atoms with E-state index >= 15 is 0 Å². The number of esters is 1. The van der Waals surface area contributed by atoms with Gasteiger partial charge < -0.3 is 9.84 Å². The summed E-state index contributed by atoms with van der Waals surface area (Å²) in [5.41, 5.74) is -0.299. The Kier molecular flexibility index (Phi) is 7.81. The zero-order chi connectivity index (χ0) is 27.8. The maximum absolute atomic E-state index is 13.4. The first-order valence-electron chi connectivity index (χ1n) is 10.8. The Morgan fingerprint density at radius 1 is 1.08 bits per heavy atom. The second kappa shape index (κ2) is 10.8. The number of carboxylic acid groups (broad SMARTS) is 1. The molecule has 0 spiro atoms. The highest BCUT2D eigenvalue weighted by Crippen LogP contribution is 2.45. The number of ether oxygens (including phenoxy) is 1. The van der Waals surface area contributed by atoms with E-state index in [1.807, 2.05) is 0 Å². The van der Waals surface area contributed by atoms with Crippen LogP contribution in [0.15, 0.2) is 47.4 Å². The van der Waals surface area contributed by atoms with Crippen molar-refractivity contribution in [3.05, 3.63) is 69.1 Å². The lowest BCUT2D eigenvalue weighted by molar-refractivity contribution is -0.144. The summed E-state index contributed by atoms with van der Waals surface area (Å²) in [6, 6.07) is 8.71. The first kappa shape index (κ1) is 27.6. The van der Waals surface area contributed by atoms with Gasteiger partial charge in [0.05, 0.1) is 28.1 Å². The Morgan fingerprint density at radius 3 is 2.50 bits per heavy atom. The number of carbonyl (C=O) groups is 4. The molecule has 1 saturated heterocycles. The van der Waals surface area contributed by atoms with Gasteiger partial charge in [0.1, 0.15) is 17.5 Å². The topological polar surface area (TPSA) is 104 Å². The van der Waals surface area contributed by atoms with E-state index in [0.717, 1.165) is 33.7 Å². The number of fused-ring (bicyclic) bond motifs is 1. The number of halogens is 4. The molecule has 1 N–H and O–H groups in total. The molecule has 0 radical (unpaired) electrons. The minimum absolute atomic E-state index is 0.0336. The SMILES string of the molecule is O=C(O)CCN1C(=O)/C(=C2/C(=O)N(CC(=O)OCc3cccc(C(F)(F)F)c3)c3ccc(Cl)cc32)SC1=S. The highest BCUT2D eigenvalue weighted by atomic mass is 35.5. The van der Waals surface area contributed by atoms with Gasteiger partial charge in [0.2, 0.25) is 0 Å². The summed E-state index contributed by atoms with van der Waals surface area (Å²) in [6.45, 7) is -1.22. The molecule has 2 amide bonds. The number of benzene rings is 2. The zero-order valence-electron chi connectivity index (χ0n) is 19.1. The van der Waals surface area contributed by atoms with Gasteiger partial charge in [-0.15, -0.1) is 0 Å². The first-order chi connectivity index (χ1) is 17.9. The van der Waals surface area contributed by atoms with Gasteiger partial charge in [-0.25, -0.2) is 0 Å². The summed E-state index contributed by atoms with van der Waals surface area (Å²) in [7, 11) is 0. The number of nitrogens with zero attached hydrogens (tertiary/aromatic N) is 2. The molecule has 8 nitrogen and oxygen atoms in total. The molecule has 14 heteroatoms. The molecular formula is C24H16ClF3N2O6S2. The molecule has 2 aliphatic heterocycles. The van der Waals surface area contributed by atoms with Crippen molar-refractivity contribution in [2.75, 3.05) is 18.0 Å². The summed E-state index contributed by atoms with van der Waals surface area (Å²) in [6.07, 6.45) is -4.91. The maximum atomic E-state index is 13.4. The van der Waals surface area contributed by atoms with Crippen LogP contribution in [0.25, 0.3) is 5.57 Å². The molecule has 198 valence electrons. The Balaban J connectivity index is 1.56. The Hall–Kier alpha value is -3.42. The largest absolute Gasteiger partial charge is 0.481 e. The molecule has 4 rings (SSSR count). The van der Waals surface area contributed by atoms with Crippen LogP contribution >= 0.6 is 35.6 Å². The third-order valence-electron chi connectivity index (χ3n) is 5.54. The summed E-state index contributed by atoms with van der Waals surface area (Å²) in [4.78, 5) is 52.1. The van der Waals surface area contributed by atoms with Gasteiger partial charge in [-0.2, -0.15) is 13.2 Å². The quantitative estimate of drug-likeness (QED) is 0.288. The molecule has 2 aromatic rings. The van der Waals surface area contributed by atoms with Gasteiger partial charge in [0.25, 0.3) is 11.8 Å². The fourth-order valence-corrected chi connectivity index (χ4v) is 5.36. The lowest BCUT2D eigenvalue weighted by atomic mass is 10.1. The predicted octanol–water partition coefficient (Wildman–Crippen LogP) is 4.49. The van der Waals surface area contributed by atoms with Crippen molar-refractivity contribution in [1.82, 2.24) is 4.90 Å². The number of alkyl halides is 3. The van der Waals surface area contributed by atoms with Gasteiger partial charge in [-0.3, -0.25) is 29.0 Å². The second-order valence-corrected chi connectivity index (χ2v) is 10.2. The van der Waals surface area contributed by atoms with E-state index in [-0.39, 0.29) is 49.6 Å². The van der Waals surface area contributed by atoms with E-state index in [9.17, 15) is 32.3 Å². The van der Waals surface area contributed by atoms with Crippen LogP contribution in [0, 0.1) is 0 Å². The maximum Gasteiger partial charge on any atom is 0.416 e. The van der Waals surface area contributed by atoms with E-state index in [0.29, 0.717) is 0 Å². The number of hydrogen-bond donors (Lipinski definition) is 1. The van der Waals surface area contributed by atoms with Crippen LogP contribution in [0.4, 0.5) is 18.9 Å². The minimum Gasteiger partial charge on any atom is -0.481 e. The molecule has 0 atom stereocenters. The minimum atomic E-state index is -4.56. The van der Waals surface area contributed by atoms with Crippen molar-refractivity contribution in [3.63, 3.8) is 0 Å². The summed E-state index contributed by atoms with van der Waals surface area (Å²) >= 11 is 12.2. The molecule has 0 aliphatic carbocycles. The number of rotatable bonds is 7. The van der Waals surface area contributed by atoms with E-state index in [4.69, 9.17) is 33.7 Å². The summed E-state index contributed by atoms with van der Waals surface area (Å²) in [5, 5.41) is 9.20. The smallest absolute Gasteiger partial charge is 0.416 e. The van der Waals surface area contributed by atoms with Crippen molar-refractivity contribution < 1.29 is 42.2 Å². The van der Waals surface area contributed by atoms with Gasteiger partial charge in [-0.1, -0.05) is 47.7 Å². The van der Waals surface area contributed by atoms with E-state index in [1.165, 1.54) is 30.3 Å². The molecule has 2 aliphatic rings. The zero-order valence-corrected chi connectivity index (χ0v) is 21.5. The lowest BCUT2D eigenvalue weighted by Crippen LogP contribution is -2.34. The van der Waals surface area contributed by atoms with Crippen LogP contribution < -0.4 is 4.90 Å². The fourth-order valence-electron chi connectivity index (χ4n) is 3.81. The molecule has 2 heterocycles. The molecule has 2 aromatic carbocycles. The fraction of sp³-hybridized carbons (Fsp3) is 0.208. The van der Waals surface area contributed by atoms with Crippen molar-refractivity contribution in [3.8, 4) is 0 Å². The lowest BCUT2D eigenvalue weighted by Gasteiger charge is -2.16. The molecule has 1 fully saturated rings. The van der Waals surface area contributed by atoms with Crippen LogP contribution in [-0.4, -0.2) is 51.2 Å². The molecule has 0 unspecified atom stereocenters. The van der Waals surface area contributed by atoms with E-state index in [1.54, 1.807) is 0 Å². The molecular weight excluding hydrogens is 569 g/mol. The Labute approximate surface area is 228 Å². The van der Waals surface area contributed by atoms with E-state index in [2.05, 4.69) is 0 Å². The van der Waals surface area contributed by atoms with Crippen molar-refractivity contribution in [2.45, 2.75) is 19.2 Å².